The number of rotatable bonds is 5. The van der Waals surface area contributed by atoms with E-state index in [1.807, 2.05) is 0 Å². The number of aliphatic hydroxyl groups excluding tert-OH is 1. The van der Waals surface area contributed by atoms with Crippen LogP contribution < -0.4 is 15.7 Å². The lowest BCUT2D eigenvalue weighted by Crippen LogP contribution is -2.29. The van der Waals surface area contributed by atoms with Gasteiger partial charge >= 0.3 is 5.56 Å². The first kappa shape index (κ1) is 17.5. The van der Waals surface area contributed by atoms with Gasteiger partial charge in [0.15, 0.2) is 5.65 Å². The summed E-state index contributed by atoms with van der Waals surface area (Å²) in [6.45, 7) is 0.0294. The number of hydrogen-bond donors (Lipinski definition) is 2. The molecule has 2 N–H and O–H groups in total. The van der Waals surface area contributed by atoms with E-state index < -0.39 is 11.7 Å². The lowest BCUT2D eigenvalue weighted by Gasteiger charge is -2.16. The SMILES string of the molecule is COn1c(=O)c(NCC(O)c2c(Cl)cccc2Cl)cc2cncnc21. The Kier molecular flexibility index (Phi) is 5.08. The number of nitrogens with zero attached hydrogens (tertiary/aromatic N) is 3. The van der Waals surface area contributed by atoms with Crippen LogP contribution in [-0.4, -0.2) is 33.5 Å². The van der Waals surface area contributed by atoms with Gasteiger partial charge in [-0.2, -0.15) is 0 Å². The van der Waals surface area contributed by atoms with E-state index in [1.54, 1.807) is 30.5 Å². The molecule has 0 saturated heterocycles. The van der Waals surface area contributed by atoms with E-state index in [2.05, 4.69) is 15.3 Å². The predicted molar refractivity (Wildman–Crippen MR) is 96.2 cm³/mol. The van der Waals surface area contributed by atoms with Crippen LogP contribution in [0.1, 0.15) is 11.7 Å². The quantitative estimate of drug-likeness (QED) is 0.705. The Morgan fingerprint density at radius 3 is 2.76 bits per heavy atom. The van der Waals surface area contributed by atoms with E-state index >= 15 is 0 Å². The summed E-state index contributed by atoms with van der Waals surface area (Å²) in [5.74, 6) is 0. The van der Waals surface area contributed by atoms with Gasteiger partial charge in [-0.25, -0.2) is 9.97 Å². The third-order valence-corrected chi connectivity index (χ3v) is 4.29. The first-order chi connectivity index (χ1) is 12.0. The molecule has 0 amide bonds. The number of aliphatic hydroxyl groups is 1. The van der Waals surface area contributed by atoms with Crippen molar-refractivity contribution in [1.82, 2.24) is 14.7 Å². The Morgan fingerprint density at radius 1 is 1.36 bits per heavy atom. The van der Waals surface area contributed by atoms with Gasteiger partial charge in [-0.1, -0.05) is 29.3 Å². The molecule has 130 valence electrons. The molecule has 0 aliphatic carbocycles. The molecule has 0 radical (unpaired) electrons. The highest BCUT2D eigenvalue weighted by Gasteiger charge is 2.17. The average Bonchev–Trinajstić information content (AvgIpc) is 2.60. The molecule has 1 aromatic carbocycles. The average molecular weight is 381 g/mol. The molecule has 7 nitrogen and oxygen atoms in total. The molecular formula is C16H14Cl2N4O3. The zero-order valence-corrected chi connectivity index (χ0v) is 14.6. The summed E-state index contributed by atoms with van der Waals surface area (Å²) in [6, 6.07) is 6.55. The van der Waals surface area contributed by atoms with Crippen LogP contribution in [0.2, 0.25) is 10.0 Å². The van der Waals surface area contributed by atoms with E-state index in [0.717, 1.165) is 4.73 Å². The molecule has 25 heavy (non-hydrogen) atoms. The fourth-order valence-electron chi connectivity index (χ4n) is 2.46. The molecule has 0 spiro atoms. The minimum atomic E-state index is -1.00. The number of nitrogens with one attached hydrogen (secondary N) is 1. The zero-order chi connectivity index (χ0) is 18.0. The summed E-state index contributed by atoms with van der Waals surface area (Å²) < 4.78 is 1.05. The summed E-state index contributed by atoms with van der Waals surface area (Å²) >= 11 is 12.2. The number of benzene rings is 1. The molecule has 3 rings (SSSR count). The standard InChI is InChI=1S/C16H14Cl2N4O3/c1-25-22-15-9(6-19-8-21-15)5-12(16(22)24)20-7-13(23)14-10(17)3-2-4-11(14)18/h2-6,8,13,20,23H,7H2,1H3. The highest BCUT2D eigenvalue weighted by Crippen LogP contribution is 2.30. The maximum absolute atomic E-state index is 12.5. The summed E-state index contributed by atoms with van der Waals surface area (Å²) in [5, 5.41) is 14.6. The molecule has 2 heterocycles. The van der Waals surface area contributed by atoms with Crippen LogP contribution in [0, 0.1) is 0 Å². The molecule has 0 fully saturated rings. The largest absolute Gasteiger partial charge is 0.412 e. The second-order valence-corrected chi connectivity index (χ2v) is 5.99. The Morgan fingerprint density at radius 2 is 2.08 bits per heavy atom. The van der Waals surface area contributed by atoms with Gasteiger partial charge in [0.1, 0.15) is 19.1 Å². The van der Waals surface area contributed by atoms with Crippen LogP contribution in [0.25, 0.3) is 11.0 Å². The number of anilines is 1. The van der Waals surface area contributed by atoms with Crippen LogP contribution >= 0.6 is 23.2 Å². The van der Waals surface area contributed by atoms with Gasteiger partial charge in [0.25, 0.3) is 0 Å². The molecule has 9 heteroatoms. The minimum absolute atomic E-state index is 0.0294. The van der Waals surface area contributed by atoms with Crippen molar-refractivity contribution in [1.29, 1.82) is 0 Å². The Bertz CT molecular complexity index is 957. The molecule has 1 unspecified atom stereocenters. The second kappa shape index (κ2) is 7.26. The molecule has 3 aromatic rings. The first-order valence-corrected chi connectivity index (χ1v) is 8.04. The molecule has 0 aliphatic heterocycles. The maximum Gasteiger partial charge on any atom is 0.308 e. The highest BCUT2D eigenvalue weighted by atomic mass is 35.5. The second-order valence-electron chi connectivity index (χ2n) is 5.17. The van der Waals surface area contributed by atoms with Gasteiger partial charge in [-0.3, -0.25) is 4.79 Å². The third kappa shape index (κ3) is 3.39. The smallest absolute Gasteiger partial charge is 0.308 e. The van der Waals surface area contributed by atoms with E-state index in [1.165, 1.54) is 13.4 Å². The van der Waals surface area contributed by atoms with E-state index in [0.29, 0.717) is 26.6 Å². The van der Waals surface area contributed by atoms with Gasteiger partial charge in [0.05, 0.1) is 6.10 Å². The van der Waals surface area contributed by atoms with Crippen LogP contribution in [0.15, 0.2) is 41.6 Å². The fraction of sp³-hybridized carbons (Fsp3) is 0.188. The summed E-state index contributed by atoms with van der Waals surface area (Å²) in [5.41, 5.74) is 0.537. The summed E-state index contributed by atoms with van der Waals surface area (Å²) in [4.78, 5) is 25.5. The molecule has 0 bridgehead atoms. The Hall–Kier alpha value is -2.35. The van der Waals surface area contributed by atoms with E-state index in [9.17, 15) is 9.90 Å². The summed E-state index contributed by atoms with van der Waals surface area (Å²) in [7, 11) is 1.37. The topological polar surface area (TPSA) is 89.3 Å². The van der Waals surface area contributed by atoms with Gasteiger partial charge in [-0.05, 0) is 18.2 Å². The normalized spacial score (nSPS) is 12.2. The van der Waals surface area contributed by atoms with Crippen molar-refractivity contribution in [3.05, 3.63) is 62.8 Å². The number of halogens is 2. The van der Waals surface area contributed by atoms with E-state index in [-0.39, 0.29) is 12.2 Å². The maximum atomic E-state index is 12.5. The highest BCUT2D eigenvalue weighted by molar-refractivity contribution is 6.36. The molecular weight excluding hydrogens is 367 g/mol. The number of aromatic nitrogens is 3. The monoisotopic (exact) mass is 380 g/mol. The Labute approximate surface area is 152 Å². The summed E-state index contributed by atoms with van der Waals surface area (Å²) in [6.07, 6.45) is 1.89. The number of pyridine rings is 1. The van der Waals surface area contributed by atoms with Crippen LogP contribution in [0.3, 0.4) is 0 Å². The van der Waals surface area contributed by atoms with Crippen LogP contribution in [-0.2, 0) is 0 Å². The number of fused-ring (bicyclic) bond motifs is 1. The van der Waals surface area contributed by atoms with Gasteiger partial charge in [-0.15, -0.1) is 4.73 Å². The molecule has 0 aliphatic rings. The third-order valence-electron chi connectivity index (χ3n) is 3.63. The van der Waals surface area contributed by atoms with Gasteiger partial charge < -0.3 is 15.3 Å². The van der Waals surface area contributed by atoms with Crippen molar-refractivity contribution < 1.29 is 9.94 Å². The minimum Gasteiger partial charge on any atom is -0.412 e. The lowest BCUT2D eigenvalue weighted by atomic mass is 10.1. The zero-order valence-electron chi connectivity index (χ0n) is 13.1. The van der Waals surface area contributed by atoms with Crippen LogP contribution in [0.4, 0.5) is 5.69 Å². The lowest BCUT2D eigenvalue weighted by molar-refractivity contribution is 0.167. The molecule has 2 aromatic heterocycles. The van der Waals surface area contributed by atoms with Crippen molar-refractivity contribution in [2.75, 3.05) is 19.0 Å². The first-order valence-electron chi connectivity index (χ1n) is 7.29. The van der Waals surface area contributed by atoms with Crippen molar-refractivity contribution >= 4 is 39.9 Å². The van der Waals surface area contributed by atoms with Crippen molar-refractivity contribution in [2.24, 2.45) is 0 Å². The number of hydrogen-bond acceptors (Lipinski definition) is 6. The van der Waals surface area contributed by atoms with Crippen LogP contribution in [0.5, 0.6) is 0 Å². The van der Waals surface area contributed by atoms with Gasteiger partial charge in [0, 0.05) is 33.7 Å². The Balaban J connectivity index is 1.91. The van der Waals surface area contributed by atoms with Gasteiger partial charge in [0.2, 0.25) is 0 Å². The predicted octanol–water partition coefficient (Wildman–Crippen LogP) is 2.30. The van der Waals surface area contributed by atoms with E-state index in [4.69, 9.17) is 28.0 Å². The van der Waals surface area contributed by atoms with Crippen molar-refractivity contribution in [3.8, 4) is 0 Å². The van der Waals surface area contributed by atoms with Crippen molar-refractivity contribution in [3.63, 3.8) is 0 Å². The van der Waals surface area contributed by atoms with Crippen molar-refractivity contribution in [2.45, 2.75) is 6.10 Å². The fourth-order valence-corrected chi connectivity index (χ4v) is 3.11. The molecule has 1 atom stereocenters. The molecule has 0 saturated carbocycles.